The molecule has 4 aromatic heterocycles. The van der Waals surface area contributed by atoms with Gasteiger partial charge in [0, 0.05) is 67.0 Å². The van der Waals surface area contributed by atoms with Gasteiger partial charge in [0.05, 0.1) is 55.6 Å². The monoisotopic (exact) mass is 1040 g/mol. The molecule has 398 valence electrons. The Labute approximate surface area is 442 Å². The Hall–Kier alpha value is -6.44. The Morgan fingerprint density at radius 1 is 0.853 bits per heavy atom. The van der Waals surface area contributed by atoms with Crippen LogP contribution in [-0.2, 0) is 25.5 Å². The van der Waals surface area contributed by atoms with E-state index < -0.39 is 12.1 Å². The van der Waals surface area contributed by atoms with Crippen LogP contribution in [0.15, 0.2) is 59.0 Å². The average Bonchev–Trinajstić information content (AvgIpc) is 4.26. The molecule has 6 heterocycles. The van der Waals surface area contributed by atoms with E-state index in [4.69, 9.17) is 24.4 Å². The molecule has 2 aliphatic heterocycles. The summed E-state index contributed by atoms with van der Waals surface area (Å²) >= 11 is 1.38. The second-order valence-electron chi connectivity index (χ2n) is 20.5. The summed E-state index contributed by atoms with van der Waals surface area (Å²) < 4.78 is 13.5. The Kier molecular flexibility index (Phi) is 17.4. The number of pyridine rings is 2. The van der Waals surface area contributed by atoms with Crippen LogP contribution in [0.3, 0.4) is 0 Å². The van der Waals surface area contributed by atoms with E-state index in [0.29, 0.717) is 73.2 Å². The first kappa shape index (κ1) is 53.4. The third-order valence-electron chi connectivity index (χ3n) is 15.6. The first-order valence-corrected chi connectivity index (χ1v) is 27.7. The van der Waals surface area contributed by atoms with E-state index in [0.717, 1.165) is 92.4 Å². The highest BCUT2D eigenvalue weighted by Gasteiger charge is 2.40. The fourth-order valence-corrected chi connectivity index (χ4v) is 12.2. The van der Waals surface area contributed by atoms with Crippen molar-refractivity contribution in [2.45, 2.75) is 128 Å². The minimum Gasteiger partial charge on any atom is -0.491 e. The summed E-state index contributed by atoms with van der Waals surface area (Å²) in [5.74, 6) is 0.453. The van der Waals surface area contributed by atoms with Crippen LogP contribution < -0.4 is 25.8 Å². The highest BCUT2D eigenvalue weighted by atomic mass is 32.1. The number of anilines is 1. The zero-order valence-corrected chi connectivity index (χ0v) is 44.5. The van der Waals surface area contributed by atoms with Gasteiger partial charge >= 0.3 is 0 Å². The highest BCUT2D eigenvalue weighted by molar-refractivity contribution is 7.10. The topological polar surface area (TPSA) is 211 Å². The average molecular weight is 1040 g/mol. The highest BCUT2D eigenvalue weighted by Crippen LogP contribution is 2.37. The van der Waals surface area contributed by atoms with Gasteiger partial charge in [0.15, 0.2) is 5.78 Å². The molecule has 3 atom stereocenters. The number of piperazine rings is 1. The molecule has 75 heavy (non-hydrogen) atoms. The largest absolute Gasteiger partial charge is 0.491 e. The lowest BCUT2D eigenvalue weighted by Gasteiger charge is -2.36. The van der Waals surface area contributed by atoms with E-state index in [1.807, 2.05) is 28.1 Å². The molecular weight excluding hydrogens is 973 g/mol. The molecule has 0 bridgehead atoms. The lowest BCUT2D eigenvalue weighted by molar-refractivity contribution is -0.139. The molecule has 3 amide bonds. The van der Waals surface area contributed by atoms with Gasteiger partial charge in [-0.25, -0.2) is 15.0 Å². The maximum absolute atomic E-state index is 14.2. The smallest absolute Gasteiger partial charge is 0.263 e. The maximum Gasteiger partial charge on any atom is 0.263 e. The van der Waals surface area contributed by atoms with E-state index in [1.54, 1.807) is 61.3 Å². The fourth-order valence-electron chi connectivity index (χ4n) is 11.2. The van der Waals surface area contributed by atoms with Crippen molar-refractivity contribution >= 4 is 57.3 Å². The molecule has 19 heteroatoms. The minimum atomic E-state index is -0.592. The molecule has 2 N–H and O–H groups in total. The molecule has 9 rings (SSSR count). The molecule has 2 saturated heterocycles. The van der Waals surface area contributed by atoms with Crippen molar-refractivity contribution in [1.82, 2.24) is 44.9 Å². The number of Topliss-reactive ketones (excluding diaryl/α,β-unsaturated/α-hetero) is 1. The number of hydrogen-bond acceptors (Lipinski definition) is 15. The van der Waals surface area contributed by atoms with Crippen molar-refractivity contribution in [2.75, 3.05) is 64.5 Å². The SMILES string of the molecule is CN[C@@H](C)C(=O)N[C@H](C(=O)N1CCC[C@H]1c1nc(C(=O)c2cccc(OCCOCCC(=O)N3CCN(c4ccc(Cc5ncc6c(C)c(C(C)=O)c(=O)n(C7CCCC7)c6n5)nc4)CC3)c2)cs1)C1CCCCC1. The number of aromatic nitrogens is 5. The number of fused-ring (bicyclic) bond motifs is 1. The van der Waals surface area contributed by atoms with Gasteiger partial charge in [-0.15, -0.1) is 11.3 Å². The maximum atomic E-state index is 14.2. The number of likely N-dealkylation sites (N-methyl/N-ethyl adjacent to an activating group) is 1. The molecular formula is C56H70N10O8S. The zero-order chi connectivity index (χ0) is 52.6. The third kappa shape index (κ3) is 12.3. The van der Waals surface area contributed by atoms with Gasteiger partial charge in [0.1, 0.15) is 40.6 Å². The van der Waals surface area contributed by atoms with E-state index in [1.165, 1.54) is 18.3 Å². The molecule has 2 saturated carbocycles. The Morgan fingerprint density at radius 2 is 1.63 bits per heavy atom. The number of rotatable bonds is 20. The van der Waals surface area contributed by atoms with Crippen LogP contribution in [0.1, 0.15) is 151 Å². The summed E-state index contributed by atoms with van der Waals surface area (Å²) in [6.45, 7) is 8.86. The fraction of sp³-hybridized carbons (Fsp3) is 0.536. The molecule has 0 spiro atoms. The van der Waals surface area contributed by atoms with Crippen LogP contribution >= 0.6 is 11.3 Å². The van der Waals surface area contributed by atoms with Crippen molar-refractivity contribution in [3.63, 3.8) is 0 Å². The number of ketones is 2. The van der Waals surface area contributed by atoms with Gasteiger partial charge in [-0.3, -0.25) is 38.3 Å². The Balaban J connectivity index is 0.703. The molecule has 2 aliphatic carbocycles. The molecule has 4 fully saturated rings. The number of carbonyl (C=O) groups excluding carboxylic acids is 5. The predicted octanol–water partition coefficient (Wildman–Crippen LogP) is 6.56. The number of nitrogens with zero attached hydrogens (tertiary/aromatic N) is 8. The molecule has 0 radical (unpaired) electrons. The van der Waals surface area contributed by atoms with Crippen molar-refractivity contribution in [1.29, 1.82) is 0 Å². The first-order chi connectivity index (χ1) is 36.4. The van der Waals surface area contributed by atoms with Gasteiger partial charge in [0.2, 0.25) is 23.5 Å². The number of benzene rings is 1. The van der Waals surface area contributed by atoms with E-state index in [2.05, 4.69) is 20.5 Å². The van der Waals surface area contributed by atoms with Gasteiger partial charge in [0.25, 0.3) is 5.56 Å². The number of nitrogens with one attached hydrogen (secondary N) is 2. The van der Waals surface area contributed by atoms with Crippen LogP contribution in [0, 0.1) is 12.8 Å². The summed E-state index contributed by atoms with van der Waals surface area (Å²) in [6, 6.07) is 9.70. The van der Waals surface area contributed by atoms with Gasteiger partial charge in [-0.05, 0) is 102 Å². The van der Waals surface area contributed by atoms with Crippen LogP contribution in [0.4, 0.5) is 5.69 Å². The number of amides is 3. The summed E-state index contributed by atoms with van der Waals surface area (Å²) in [7, 11) is 1.73. The Morgan fingerprint density at radius 3 is 2.36 bits per heavy atom. The minimum absolute atomic E-state index is 0.0112. The zero-order valence-electron chi connectivity index (χ0n) is 43.7. The molecule has 4 aliphatic rings. The number of carbonyl (C=O) groups is 5. The predicted molar refractivity (Wildman–Crippen MR) is 286 cm³/mol. The summed E-state index contributed by atoms with van der Waals surface area (Å²) in [4.78, 5) is 105. The lowest BCUT2D eigenvalue weighted by Crippen LogP contribution is -2.55. The van der Waals surface area contributed by atoms with Crippen LogP contribution in [-0.4, -0.2) is 135 Å². The number of likely N-dealkylation sites (tertiary alicyclic amines) is 1. The second-order valence-corrected chi connectivity index (χ2v) is 21.4. The van der Waals surface area contributed by atoms with E-state index in [-0.39, 0.29) is 84.7 Å². The molecule has 0 unspecified atom stereocenters. The molecule has 5 aromatic rings. The summed E-state index contributed by atoms with van der Waals surface area (Å²) in [5, 5.41) is 9.26. The Bertz CT molecular complexity index is 2920. The number of thiazole rings is 1. The van der Waals surface area contributed by atoms with Crippen LogP contribution in [0.25, 0.3) is 11.0 Å². The van der Waals surface area contributed by atoms with E-state index >= 15 is 0 Å². The van der Waals surface area contributed by atoms with Gasteiger partial charge in [-0.1, -0.05) is 44.2 Å². The van der Waals surface area contributed by atoms with Crippen molar-refractivity contribution < 1.29 is 33.4 Å². The van der Waals surface area contributed by atoms with Crippen molar-refractivity contribution in [3.05, 3.63) is 103 Å². The van der Waals surface area contributed by atoms with Crippen LogP contribution in [0.2, 0.25) is 0 Å². The number of hydrogen-bond donors (Lipinski definition) is 2. The third-order valence-corrected chi connectivity index (χ3v) is 16.5. The van der Waals surface area contributed by atoms with Crippen molar-refractivity contribution in [2.24, 2.45) is 5.92 Å². The summed E-state index contributed by atoms with van der Waals surface area (Å²) in [5.41, 5.74) is 3.65. The summed E-state index contributed by atoms with van der Waals surface area (Å²) in [6.07, 6.45) is 14.6. The lowest BCUT2D eigenvalue weighted by atomic mass is 9.83. The van der Waals surface area contributed by atoms with Gasteiger partial charge in [-0.2, -0.15) is 0 Å². The quantitative estimate of drug-likeness (QED) is 0.0625. The van der Waals surface area contributed by atoms with Gasteiger partial charge < -0.3 is 34.8 Å². The van der Waals surface area contributed by atoms with Crippen LogP contribution in [0.5, 0.6) is 5.75 Å². The first-order valence-electron chi connectivity index (χ1n) is 26.9. The molecule has 1 aromatic carbocycles. The molecule has 18 nitrogen and oxygen atoms in total. The number of aryl methyl sites for hydroxylation is 1. The normalized spacial score (nSPS) is 18.3. The van der Waals surface area contributed by atoms with Crippen molar-refractivity contribution in [3.8, 4) is 5.75 Å². The number of ether oxygens (including phenoxy) is 2. The van der Waals surface area contributed by atoms with E-state index in [9.17, 15) is 28.8 Å². The standard InChI is InChI=1S/C56H70N10O8S/c1-35-44-33-59-47(61-52(44)66(41-15-8-9-16-41)55(71)49(35)37(3)67)31-40-19-20-42(32-58-40)63-23-25-64(26-24-63)48(68)21-27-73-28-29-74-43-17-10-14-39(30-43)51(69)45-34-75-54(60-45)46-18-11-22-65(46)56(72)50(38-12-6-5-7-13-38)62-53(70)36(2)57-4/h10,14,17,19-20,30,32-34,36,38,41,46,50,57H,5-9,11-13,15-16,18,21-29,31H2,1-4H3,(H,62,70)/t36-,46-,50-/m0/s1. The second kappa shape index (κ2) is 24.5.